The predicted molar refractivity (Wildman–Crippen MR) is 69.4 cm³/mol. The maximum absolute atomic E-state index is 10.8. The minimum absolute atomic E-state index is 0.119. The second-order valence-corrected chi connectivity index (χ2v) is 5.45. The van der Waals surface area contributed by atoms with Crippen LogP contribution in [0.25, 0.3) is 0 Å². The summed E-state index contributed by atoms with van der Waals surface area (Å²) in [6, 6.07) is 5.53. The summed E-state index contributed by atoms with van der Waals surface area (Å²) in [7, 11) is 1.55. The summed E-state index contributed by atoms with van der Waals surface area (Å²) in [5.41, 5.74) is 0.857. The van der Waals surface area contributed by atoms with Crippen LogP contribution in [0.1, 0.15) is 24.8 Å². The van der Waals surface area contributed by atoms with Crippen molar-refractivity contribution in [1.29, 1.82) is 0 Å². The van der Waals surface area contributed by atoms with E-state index in [0.29, 0.717) is 12.2 Å². The lowest BCUT2D eigenvalue weighted by molar-refractivity contribution is -0.485. The van der Waals surface area contributed by atoms with E-state index in [-0.39, 0.29) is 17.4 Å². The Balaban J connectivity index is 2.40. The summed E-state index contributed by atoms with van der Waals surface area (Å²) in [6.07, 6.45) is 0.466. The first kappa shape index (κ1) is 13.3. The molecule has 1 aliphatic heterocycles. The van der Waals surface area contributed by atoms with Gasteiger partial charge in [0.1, 0.15) is 5.75 Å². The number of benzene rings is 1. The van der Waals surface area contributed by atoms with E-state index in [1.807, 2.05) is 18.2 Å². The summed E-state index contributed by atoms with van der Waals surface area (Å²) in [5, 5.41) is 10.8. The van der Waals surface area contributed by atoms with Gasteiger partial charge in [0.15, 0.2) is 0 Å². The van der Waals surface area contributed by atoms with E-state index in [4.69, 9.17) is 9.47 Å². The van der Waals surface area contributed by atoms with Gasteiger partial charge in [0.25, 0.3) is 0 Å². The number of ether oxygens (including phenoxy) is 2. The van der Waals surface area contributed by atoms with Crippen LogP contribution in [0.4, 0.5) is 0 Å². The summed E-state index contributed by atoms with van der Waals surface area (Å²) in [5.74, 6) is -0.353. The van der Waals surface area contributed by atoms with Gasteiger partial charge in [-0.2, -0.15) is 0 Å². The molecule has 1 heterocycles. The Bertz CT molecular complexity index is 479. The van der Waals surface area contributed by atoms with Crippen molar-refractivity contribution in [2.75, 3.05) is 13.7 Å². The van der Waals surface area contributed by atoms with Gasteiger partial charge in [-0.25, -0.2) is 0 Å². The highest BCUT2D eigenvalue weighted by Gasteiger charge is 2.39. The van der Waals surface area contributed by atoms with E-state index in [2.05, 4.69) is 15.9 Å². The van der Waals surface area contributed by atoms with Crippen molar-refractivity contribution in [3.63, 3.8) is 0 Å². The third kappa shape index (κ3) is 2.64. The number of rotatable bonds is 3. The summed E-state index contributed by atoms with van der Waals surface area (Å²) < 4.78 is 12.0. The Morgan fingerprint density at radius 1 is 1.67 bits per heavy atom. The first-order valence-electron chi connectivity index (χ1n) is 5.59. The quantitative estimate of drug-likeness (QED) is 0.635. The Morgan fingerprint density at radius 2 is 2.39 bits per heavy atom. The van der Waals surface area contributed by atoms with Crippen molar-refractivity contribution < 1.29 is 14.4 Å². The molecule has 0 aliphatic carbocycles. The van der Waals surface area contributed by atoms with Crippen LogP contribution in [0.3, 0.4) is 0 Å². The molecule has 0 unspecified atom stereocenters. The number of hydrogen-bond donors (Lipinski definition) is 0. The van der Waals surface area contributed by atoms with Gasteiger partial charge in [-0.1, -0.05) is 15.9 Å². The molecule has 98 valence electrons. The van der Waals surface area contributed by atoms with Crippen LogP contribution in [0, 0.1) is 10.1 Å². The number of fused-ring (bicyclic) bond motifs is 1. The normalized spacial score (nSPS) is 26.3. The molecule has 0 amide bonds. The average molecular weight is 316 g/mol. The Labute approximate surface area is 113 Å². The summed E-state index contributed by atoms with van der Waals surface area (Å²) >= 11 is 3.37. The minimum atomic E-state index is -0.804. The van der Waals surface area contributed by atoms with Crippen molar-refractivity contribution in [2.45, 2.75) is 25.0 Å². The van der Waals surface area contributed by atoms with E-state index < -0.39 is 5.79 Å². The molecule has 1 aliphatic rings. The fourth-order valence-electron chi connectivity index (χ4n) is 2.23. The molecule has 1 aromatic rings. The molecule has 18 heavy (non-hydrogen) atoms. The molecule has 1 aromatic carbocycles. The third-order valence-electron chi connectivity index (χ3n) is 3.16. The van der Waals surface area contributed by atoms with Crippen LogP contribution in [-0.2, 0) is 4.74 Å². The molecule has 0 aromatic heterocycles. The van der Waals surface area contributed by atoms with E-state index >= 15 is 0 Å². The van der Waals surface area contributed by atoms with Crippen molar-refractivity contribution in [3.8, 4) is 5.75 Å². The molecule has 2 rings (SSSR count). The van der Waals surface area contributed by atoms with Crippen LogP contribution in [0.2, 0.25) is 0 Å². The zero-order valence-electron chi connectivity index (χ0n) is 10.2. The van der Waals surface area contributed by atoms with Gasteiger partial charge in [0, 0.05) is 35.4 Å². The molecule has 0 saturated heterocycles. The lowest BCUT2D eigenvalue weighted by Gasteiger charge is -2.37. The number of nitrogens with zero attached hydrogens (tertiary/aromatic N) is 1. The number of methoxy groups -OCH3 is 1. The highest BCUT2D eigenvalue weighted by Crippen LogP contribution is 2.42. The Kier molecular flexibility index (Phi) is 3.59. The van der Waals surface area contributed by atoms with Gasteiger partial charge >= 0.3 is 0 Å². The smallest absolute Gasteiger partial charge is 0.211 e. The van der Waals surface area contributed by atoms with Gasteiger partial charge in [0.05, 0.1) is 5.92 Å². The monoisotopic (exact) mass is 315 g/mol. The van der Waals surface area contributed by atoms with Gasteiger partial charge in [-0.05, 0) is 18.2 Å². The molecule has 0 bridgehead atoms. The van der Waals surface area contributed by atoms with E-state index in [9.17, 15) is 10.1 Å². The topological polar surface area (TPSA) is 61.6 Å². The third-order valence-corrected chi connectivity index (χ3v) is 3.65. The molecule has 2 atom stereocenters. The lowest BCUT2D eigenvalue weighted by Crippen LogP contribution is -2.41. The predicted octanol–water partition coefficient (Wildman–Crippen LogP) is 2.95. The van der Waals surface area contributed by atoms with Crippen molar-refractivity contribution in [2.24, 2.45) is 0 Å². The van der Waals surface area contributed by atoms with Crippen molar-refractivity contribution in [1.82, 2.24) is 0 Å². The maximum atomic E-state index is 10.8. The molecular formula is C12H14BrNO4. The van der Waals surface area contributed by atoms with Gasteiger partial charge in [-0.3, -0.25) is 10.1 Å². The molecule has 6 heteroatoms. The Morgan fingerprint density at radius 3 is 3.00 bits per heavy atom. The second kappa shape index (κ2) is 4.85. The zero-order chi connectivity index (χ0) is 13.3. The highest BCUT2D eigenvalue weighted by atomic mass is 79.9. The van der Waals surface area contributed by atoms with Crippen LogP contribution in [0.5, 0.6) is 5.75 Å². The summed E-state index contributed by atoms with van der Waals surface area (Å²) in [6.45, 7) is 1.68. The largest absolute Gasteiger partial charge is 0.462 e. The zero-order valence-corrected chi connectivity index (χ0v) is 11.8. The van der Waals surface area contributed by atoms with Crippen molar-refractivity contribution >= 4 is 15.9 Å². The molecule has 5 nitrogen and oxygen atoms in total. The molecule has 0 spiro atoms. The highest BCUT2D eigenvalue weighted by molar-refractivity contribution is 9.10. The second-order valence-electron chi connectivity index (χ2n) is 4.54. The Hall–Kier alpha value is -1.14. The first-order valence-corrected chi connectivity index (χ1v) is 6.38. The minimum Gasteiger partial charge on any atom is -0.462 e. The standard InChI is InChI=1S/C12H14BrNO4/c1-12(17-2)6-8(7-14(15)16)10-5-9(13)3-4-11(10)18-12/h3-5,8H,6-7H2,1-2H3/t8-,12-/m1/s1. The van der Waals surface area contributed by atoms with E-state index in [0.717, 1.165) is 10.0 Å². The summed E-state index contributed by atoms with van der Waals surface area (Å²) in [4.78, 5) is 10.5. The van der Waals surface area contributed by atoms with Crippen LogP contribution < -0.4 is 4.74 Å². The maximum Gasteiger partial charge on any atom is 0.211 e. The first-order chi connectivity index (χ1) is 8.43. The molecule has 0 fully saturated rings. The van der Waals surface area contributed by atoms with E-state index in [1.165, 1.54) is 0 Å². The molecule has 0 saturated carbocycles. The fraction of sp³-hybridized carbons (Fsp3) is 0.500. The number of halogens is 1. The number of hydrogen-bond acceptors (Lipinski definition) is 4. The van der Waals surface area contributed by atoms with Crippen LogP contribution in [0.15, 0.2) is 22.7 Å². The van der Waals surface area contributed by atoms with Gasteiger partial charge in [-0.15, -0.1) is 0 Å². The SMILES string of the molecule is CO[C@@]1(C)C[C@H](C[N+](=O)[O-])c2cc(Br)ccc2O1. The molecular weight excluding hydrogens is 302 g/mol. The van der Waals surface area contributed by atoms with Crippen LogP contribution in [-0.4, -0.2) is 24.4 Å². The van der Waals surface area contributed by atoms with Crippen LogP contribution >= 0.6 is 15.9 Å². The lowest BCUT2D eigenvalue weighted by atomic mass is 9.88. The van der Waals surface area contributed by atoms with Crippen molar-refractivity contribution in [3.05, 3.63) is 38.3 Å². The van der Waals surface area contributed by atoms with Gasteiger partial charge < -0.3 is 9.47 Å². The number of nitro groups is 1. The molecule has 0 N–H and O–H groups in total. The van der Waals surface area contributed by atoms with Gasteiger partial charge in [0.2, 0.25) is 12.3 Å². The average Bonchev–Trinajstić information content (AvgIpc) is 2.29. The fourth-order valence-corrected chi connectivity index (χ4v) is 2.61. The van der Waals surface area contributed by atoms with E-state index in [1.54, 1.807) is 14.0 Å². The molecule has 0 radical (unpaired) electrons.